The number of nitrogens with zero attached hydrogens (tertiary/aromatic N) is 1. The van der Waals surface area contributed by atoms with Crippen LogP contribution in [0.25, 0.3) is 0 Å². The van der Waals surface area contributed by atoms with Crippen LogP contribution in [0.1, 0.15) is 30.0 Å². The van der Waals surface area contributed by atoms with Crippen molar-refractivity contribution in [2.24, 2.45) is 11.7 Å². The van der Waals surface area contributed by atoms with Crippen molar-refractivity contribution in [3.05, 3.63) is 21.7 Å². The Bertz CT molecular complexity index is 535. The lowest BCUT2D eigenvalue weighted by Gasteiger charge is -2.25. The van der Waals surface area contributed by atoms with Gasteiger partial charge in [-0.2, -0.15) is 0 Å². The predicted octanol–water partition coefficient (Wildman–Crippen LogP) is 2.87. The van der Waals surface area contributed by atoms with Crippen LogP contribution in [0.4, 0.5) is 0 Å². The fourth-order valence-electron chi connectivity index (χ4n) is 3.47. The number of fused-ring (bicyclic) bond motifs is 1. The smallest absolute Gasteiger partial charge is 0.164 e. The number of benzene rings is 1. The van der Waals surface area contributed by atoms with E-state index in [4.69, 9.17) is 15.2 Å². The first-order valence-electron chi connectivity index (χ1n) is 7.60. The average Bonchev–Trinajstić information content (AvgIpc) is 2.68. The molecule has 116 valence electrons. The van der Waals surface area contributed by atoms with Crippen LogP contribution < -0.4 is 15.2 Å². The number of halogens is 1. The third kappa shape index (κ3) is 2.79. The summed E-state index contributed by atoms with van der Waals surface area (Å²) in [4.78, 5) is 2.40. The van der Waals surface area contributed by atoms with Gasteiger partial charge in [-0.15, -0.1) is 0 Å². The number of ether oxygens (including phenoxy) is 2. The summed E-state index contributed by atoms with van der Waals surface area (Å²) < 4.78 is 12.9. The standard InChI is InChI=1S/C16H23BrN2O2/c1-10-15(13-6-11(8-18)9-19(13)2)12(17)7-14-16(10)21-5-3-4-20-14/h7,11,13H,3-6,8-9,18H2,1-2H3. The monoisotopic (exact) mass is 354 g/mol. The Morgan fingerprint density at radius 1 is 1.38 bits per heavy atom. The highest BCUT2D eigenvalue weighted by Gasteiger charge is 2.33. The van der Waals surface area contributed by atoms with E-state index in [2.05, 4.69) is 40.9 Å². The molecule has 0 aliphatic carbocycles. The lowest BCUT2D eigenvalue weighted by atomic mass is 9.95. The molecule has 0 spiro atoms. The van der Waals surface area contributed by atoms with E-state index < -0.39 is 0 Å². The lowest BCUT2D eigenvalue weighted by molar-refractivity contribution is 0.295. The van der Waals surface area contributed by atoms with Crippen LogP contribution in [0.3, 0.4) is 0 Å². The second-order valence-corrected chi connectivity index (χ2v) is 6.92. The van der Waals surface area contributed by atoms with Crippen molar-refractivity contribution < 1.29 is 9.47 Å². The molecule has 2 aliphatic rings. The van der Waals surface area contributed by atoms with E-state index in [1.807, 2.05) is 0 Å². The highest BCUT2D eigenvalue weighted by molar-refractivity contribution is 9.10. The van der Waals surface area contributed by atoms with Crippen molar-refractivity contribution in [1.82, 2.24) is 4.90 Å². The zero-order valence-corrected chi connectivity index (χ0v) is 14.3. The zero-order chi connectivity index (χ0) is 15.0. The zero-order valence-electron chi connectivity index (χ0n) is 12.7. The van der Waals surface area contributed by atoms with E-state index in [1.54, 1.807) is 0 Å². The molecule has 21 heavy (non-hydrogen) atoms. The van der Waals surface area contributed by atoms with E-state index in [1.165, 1.54) is 11.1 Å². The fraction of sp³-hybridized carbons (Fsp3) is 0.625. The van der Waals surface area contributed by atoms with Crippen molar-refractivity contribution in [2.75, 3.05) is 33.4 Å². The van der Waals surface area contributed by atoms with Crippen molar-refractivity contribution in [3.63, 3.8) is 0 Å². The molecule has 1 aromatic rings. The van der Waals surface area contributed by atoms with E-state index in [9.17, 15) is 0 Å². The minimum Gasteiger partial charge on any atom is -0.490 e. The number of rotatable bonds is 2. The average molecular weight is 355 g/mol. The van der Waals surface area contributed by atoms with Crippen molar-refractivity contribution >= 4 is 15.9 Å². The molecule has 2 atom stereocenters. The molecule has 0 radical (unpaired) electrons. The summed E-state index contributed by atoms with van der Waals surface area (Å²) >= 11 is 3.74. The fourth-order valence-corrected chi connectivity index (χ4v) is 4.24. The maximum Gasteiger partial charge on any atom is 0.164 e. The van der Waals surface area contributed by atoms with Gasteiger partial charge in [0, 0.05) is 29.0 Å². The van der Waals surface area contributed by atoms with Gasteiger partial charge in [0.2, 0.25) is 0 Å². The van der Waals surface area contributed by atoms with Gasteiger partial charge in [0.05, 0.1) is 13.2 Å². The van der Waals surface area contributed by atoms with Crippen LogP contribution in [0, 0.1) is 12.8 Å². The first-order chi connectivity index (χ1) is 10.1. The molecule has 1 saturated heterocycles. The Hall–Kier alpha value is -0.780. The molecule has 3 rings (SSSR count). The Morgan fingerprint density at radius 2 is 2.14 bits per heavy atom. The van der Waals surface area contributed by atoms with Gasteiger partial charge in [0.15, 0.2) is 11.5 Å². The molecule has 0 aromatic heterocycles. The van der Waals surface area contributed by atoms with Gasteiger partial charge >= 0.3 is 0 Å². The summed E-state index contributed by atoms with van der Waals surface area (Å²) in [5, 5.41) is 0. The van der Waals surface area contributed by atoms with E-state index in [0.29, 0.717) is 12.0 Å². The number of nitrogens with two attached hydrogens (primary N) is 1. The molecule has 5 heteroatoms. The van der Waals surface area contributed by atoms with Gasteiger partial charge in [-0.25, -0.2) is 0 Å². The summed E-state index contributed by atoms with van der Waals surface area (Å²) in [6.07, 6.45) is 2.03. The van der Waals surface area contributed by atoms with Gasteiger partial charge in [-0.3, -0.25) is 4.90 Å². The van der Waals surface area contributed by atoms with Crippen LogP contribution in [0.15, 0.2) is 10.5 Å². The minimum atomic E-state index is 0.394. The topological polar surface area (TPSA) is 47.7 Å². The number of hydrogen-bond acceptors (Lipinski definition) is 4. The Balaban J connectivity index is 2.01. The predicted molar refractivity (Wildman–Crippen MR) is 87.0 cm³/mol. The molecule has 2 unspecified atom stereocenters. The second-order valence-electron chi connectivity index (χ2n) is 6.07. The summed E-state index contributed by atoms with van der Waals surface area (Å²) in [6.45, 7) is 5.39. The number of hydrogen-bond donors (Lipinski definition) is 1. The van der Waals surface area contributed by atoms with Crippen molar-refractivity contribution in [2.45, 2.75) is 25.8 Å². The van der Waals surface area contributed by atoms with Crippen molar-refractivity contribution in [3.8, 4) is 11.5 Å². The summed E-state index contributed by atoms with van der Waals surface area (Å²) in [5.74, 6) is 2.34. The van der Waals surface area contributed by atoms with Gasteiger partial charge in [0.25, 0.3) is 0 Å². The normalized spacial score (nSPS) is 25.9. The van der Waals surface area contributed by atoms with Crippen LogP contribution in [-0.4, -0.2) is 38.3 Å². The van der Waals surface area contributed by atoms with Crippen LogP contribution in [-0.2, 0) is 0 Å². The summed E-state index contributed by atoms with van der Waals surface area (Å²) in [7, 11) is 2.18. The summed E-state index contributed by atoms with van der Waals surface area (Å²) in [5.41, 5.74) is 8.37. The third-order valence-electron chi connectivity index (χ3n) is 4.58. The Morgan fingerprint density at radius 3 is 2.86 bits per heavy atom. The molecule has 2 heterocycles. The molecule has 0 amide bonds. The lowest BCUT2D eigenvalue weighted by Crippen LogP contribution is -2.21. The van der Waals surface area contributed by atoms with Gasteiger partial charge in [0.1, 0.15) is 0 Å². The largest absolute Gasteiger partial charge is 0.490 e. The highest BCUT2D eigenvalue weighted by atomic mass is 79.9. The van der Waals surface area contributed by atoms with Gasteiger partial charge in [-0.05, 0) is 44.5 Å². The molecule has 1 fully saturated rings. The van der Waals surface area contributed by atoms with Crippen molar-refractivity contribution in [1.29, 1.82) is 0 Å². The first-order valence-corrected chi connectivity index (χ1v) is 8.40. The molecular formula is C16H23BrN2O2. The van der Waals surface area contributed by atoms with Crippen LogP contribution >= 0.6 is 15.9 Å². The van der Waals surface area contributed by atoms with Crippen LogP contribution in [0.2, 0.25) is 0 Å². The van der Waals surface area contributed by atoms with Gasteiger partial charge < -0.3 is 15.2 Å². The van der Waals surface area contributed by atoms with Crippen LogP contribution in [0.5, 0.6) is 11.5 Å². The molecular weight excluding hydrogens is 332 g/mol. The quantitative estimate of drug-likeness (QED) is 0.886. The summed E-state index contributed by atoms with van der Waals surface area (Å²) in [6, 6.07) is 2.46. The molecule has 1 aromatic carbocycles. The molecule has 4 nitrogen and oxygen atoms in total. The Labute approximate surface area is 134 Å². The first kappa shape index (κ1) is 15.1. The SMILES string of the molecule is Cc1c2c(cc(Br)c1C1CC(CN)CN1C)OCCCO2. The number of likely N-dealkylation sites (tertiary alicyclic amines) is 1. The Kier molecular flexibility index (Phi) is 4.43. The third-order valence-corrected chi connectivity index (χ3v) is 5.23. The molecule has 2 N–H and O–H groups in total. The maximum absolute atomic E-state index is 5.93. The highest BCUT2D eigenvalue weighted by Crippen LogP contribution is 2.46. The van der Waals surface area contributed by atoms with E-state index in [0.717, 1.165) is 55.1 Å². The minimum absolute atomic E-state index is 0.394. The second kappa shape index (κ2) is 6.15. The maximum atomic E-state index is 5.93. The van der Waals surface area contributed by atoms with E-state index >= 15 is 0 Å². The molecule has 0 bridgehead atoms. The van der Waals surface area contributed by atoms with Gasteiger partial charge in [-0.1, -0.05) is 15.9 Å². The van der Waals surface area contributed by atoms with E-state index in [-0.39, 0.29) is 0 Å². The molecule has 2 aliphatic heterocycles. The molecule has 0 saturated carbocycles.